The van der Waals surface area contributed by atoms with Gasteiger partial charge in [0.25, 0.3) is 0 Å². The molecule has 0 atom stereocenters. The number of halogens is 2. The van der Waals surface area contributed by atoms with Gasteiger partial charge in [-0.1, -0.05) is 18.2 Å². The molecule has 6 nitrogen and oxygen atoms in total. The van der Waals surface area contributed by atoms with Crippen molar-refractivity contribution in [2.75, 3.05) is 27.0 Å². The van der Waals surface area contributed by atoms with Crippen molar-refractivity contribution in [2.24, 2.45) is 4.99 Å². The Hall–Kier alpha value is -2.07. The van der Waals surface area contributed by atoms with Crippen molar-refractivity contribution in [2.45, 2.75) is 26.5 Å². The summed E-state index contributed by atoms with van der Waals surface area (Å²) in [6, 6.07) is 10.9. The minimum atomic E-state index is -0.280. The summed E-state index contributed by atoms with van der Waals surface area (Å²) in [6.07, 6.45) is 0.607. The van der Waals surface area contributed by atoms with Gasteiger partial charge in [-0.15, -0.1) is 24.0 Å². The molecule has 0 aromatic heterocycles. The molecular formula is C21H27FIN3O3. The average Bonchev–Trinajstić information content (AvgIpc) is 2.71. The third kappa shape index (κ3) is 6.46. The van der Waals surface area contributed by atoms with Crippen LogP contribution in [-0.2, 0) is 24.3 Å². The average molecular weight is 515 g/mol. The number of nitrogens with one attached hydrogen (secondary N) is 2. The lowest BCUT2D eigenvalue weighted by molar-refractivity contribution is -0.0172. The zero-order chi connectivity index (χ0) is 19.8. The first kappa shape index (κ1) is 23.2. The maximum atomic E-state index is 13.8. The number of aliphatic imine (C=N–C) groups is 1. The van der Waals surface area contributed by atoms with Gasteiger partial charge >= 0.3 is 0 Å². The summed E-state index contributed by atoms with van der Waals surface area (Å²) in [5.74, 6) is 1.97. The Labute approximate surface area is 187 Å². The first-order chi connectivity index (χ1) is 13.7. The molecule has 2 aromatic carbocycles. The van der Waals surface area contributed by atoms with Crippen LogP contribution < -0.4 is 20.1 Å². The van der Waals surface area contributed by atoms with Crippen LogP contribution >= 0.6 is 24.0 Å². The summed E-state index contributed by atoms with van der Waals surface area (Å²) in [5.41, 5.74) is 2.62. The van der Waals surface area contributed by atoms with Gasteiger partial charge in [-0.3, -0.25) is 4.99 Å². The van der Waals surface area contributed by atoms with E-state index < -0.39 is 0 Å². The molecule has 3 rings (SSSR count). The molecule has 0 unspecified atom stereocenters. The molecule has 1 aliphatic rings. The van der Waals surface area contributed by atoms with E-state index in [1.807, 2.05) is 31.2 Å². The normalized spacial score (nSPS) is 13.0. The van der Waals surface area contributed by atoms with Crippen molar-refractivity contribution in [1.82, 2.24) is 10.6 Å². The molecule has 29 heavy (non-hydrogen) atoms. The molecule has 0 aliphatic carbocycles. The van der Waals surface area contributed by atoms with Gasteiger partial charge in [0, 0.05) is 31.3 Å². The van der Waals surface area contributed by atoms with Crippen LogP contribution in [0, 0.1) is 5.82 Å². The van der Waals surface area contributed by atoms with Crippen molar-refractivity contribution >= 4 is 29.9 Å². The molecule has 2 N–H and O–H groups in total. The fourth-order valence-electron chi connectivity index (χ4n) is 3.10. The van der Waals surface area contributed by atoms with Crippen LogP contribution in [0.25, 0.3) is 0 Å². The lowest BCUT2D eigenvalue weighted by atomic mass is 10.1. The second-order valence-corrected chi connectivity index (χ2v) is 6.31. The summed E-state index contributed by atoms with van der Waals surface area (Å²) in [7, 11) is 1.72. The molecule has 1 aliphatic heterocycles. The highest BCUT2D eigenvalue weighted by Crippen LogP contribution is 2.29. The number of guanidine groups is 1. The van der Waals surface area contributed by atoms with E-state index in [9.17, 15) is 4.39 Å². The van der Waals surface area contributed by atoms with Gasteiger partial charge in [0.2, 0.25) is 0 Å². The minimum absolute atomic E-state index is 0. The van der Waals surface area contributed by atoms with Gasteiger partial charge < -0.3 is 24.8 Å². The molecule has 0 amide bonds. The van der Waals surface area contributed by atoms with E-state index in [-0.39, 0.29) is 36.6 Å². The summed E-state index contributed by atoms with van der Waals surface area (Å²) < 4.78 is 30.3. The second-order valence-electron chi connectivity index (χ2n) is 6.31. The first-order valence-electron chi connectivity index (χ1n) is 9.38. The van der Waals surface area contributed by atoms with Gasteiger partial charge in [0.15, 0.2) is 12.8 Å². The van der Waals surface area contributed by atoms with Crippen LogP contribution in [-0.4, -0.2) is 33.0 Å². The second kappa shape index (κ2) is 11.8. The van der Waals surface area contributed by atoms with Crippen LogP contribution in [0.2, 0.25) is 0 Å². The highest BCUT2D eigenvalue weighted by molar-refractivity contribution is 14.0. The molecule has 2 aromatic rings. The zero-order valence-electron chi connectivity index (χ0n) is 16.7. The van der Waals surface area contributed by atoms with Gasteiger partial charge in [-0.25, -0.2) is 4.39 Å². The number of nitrogens with zero attached hydrogens (tertiary/aromatic N) is 1. The molecule has 158 valence electrons. The Morgan fingerprint density at radius 2 is 2.03 bits per heavy atom. The highest BCUT2D eigenvalue weighted by Gasteiger charge is 2.16. The molecule has 0 saturated carbocycles. The van der Waals surface area contributed by atoms with Crippen molar-refractivity contribution in [3.63, 3.8) is 0 Å². The van der Waals surface area contributed by atoms with E-state index >= 15 is 0 Å². The molecular weight excluding hydrogens is 488 g/mol. The van der Waals surface area contributed by atoms with E-state index in [1.54, 1.807) is 7.05 Å². The number of hydrogen-bond donors (Lipinski definition) is 2. The fourth-order valence-corrected chi connectivity index (χ4v) is 3.10. The Bertz CT molecular complexity index is 833. The largest absolute Gasteiger partial charge is 0.494 e. The zero-order valence-corrected chi connectivity index (χ0v) is 19.0. The van der Waals surface area contributed by atoms with E-state index in [4.69, 9.17) is 14.2 Å². The summed E-state index contributed by atoms with van der Waals surface area (Å²) in [5, 5.41) is 6.53. The molecule has 0 fully saturated rings. The van der Waals surface area contributed by atoms with Crippen LogP contribution in [0.5, 0.6) is 11.5 Å². The van der Waals surface area contributed by atoms with Crippen molar-refractivity contribution in [1.29, 1.82) is 0 Å². The van der Waals surface area contributed by atoms with Gasteiger partial charge in [0.1, 0.15) is 17.3 Å². The highest BCUT2D eigenvalue weighted by atomic mass is 127. The van der Waals surface area contributed by atoms with Gasteiger partial charge in [0.05, 0.1) is 13.2 Å². The lowest BCUT2D eigenvalue weighted by Crippen LogP contribution is -2.38. The van der Waals surface area contributed by atoms with E-state index in [0.29, 0.717) is 38.7 Å². The molecule has 0 radical (unpaired) electrons. The lowest BCUT2D eigenvalue weighted by Gasteiger charge is -2.21. The van der Waals surface area contributed by atoms with E-state index in [0.717, 1.165) is 28.2 Å². The van der Waals surface area contributed by atoms with Crippen LogP contribution in [0.15, 0.2) is 41.4 Å². The van der Waals surface area contributed by atoms with E-state index in [2.05, 4.69) is 15.6 Å². The van der Waals surface area contributed by atoms with E-state index in [1.165, 1.54) is 12.1 Å². The molecule has 0 spiro atoms. The topological polar surface area (TPSA) is 64.1 Å². The summed E-state index contributed by atoms with van der Waals surface area (Å²) >= 11 is 0. The number of fused-ring (bicyclic) bond motifs is 1. The van der Waals surface area contributed by atoms with Crippen LogP contribution in [0.1, 0.15) is 23.6 Å². The number of para-hydroxylation sites is 1. The first-order valence-corrected chi connectivity index (χ1v) is 9.38. The Balaban J connectivity index is 0.00000300. The molecule has 1 heterocycles. The number of hydrogen-bond acceptors (Lipinski definition) is 4. The quantitative estimate of drug-likeness (QED) is 0.335. The van der Waals surface area contributed by atoms with Crippen LogP contribution in [0.4, 0.5) is 4.39 Å². The SMILES string of the molecule is CCOc1ccccc1CNC(=NC)NCCc1cc(F)cc2c1OCOC2.I. The summed E-state index contributed by atoms with van der Waals surface area (Å²) in [6.45, 7) is 4.33. The monoisotopic (exact) mass is 515 g/mol. The third-order valence-corrected chi connectivity index (χ3v) is 4.38. The Kier molecular flexibility index (Phi) is 9.46. The standard InChI is InChI=1S/C21H26FN3O3.HI/c1-3-27-19-7-5-4-6-16(19)12-25-21(23-2)24-9-8-15-10-18(22)11-17-13-26-14-28-20(15)17;/h4-7,10-11H,3,8-9,12-14H2,1-2H3,(H2,23,24,25);1H. The predicted octanol–water partition coefficient (Wildman–Crippen LogP) is 3.62. The molecule has 8 heteroatoms. The summed E-state index contributed by atoms with van der Waals surface area (Å²) in [4.78, 5) is 4.24. The van der Waals surface area contributed by atoms with Crippen molar-refractivity contribution in [3.8, 4) is 11.5 Å². The smallest absolute Gasteiger partial charge is 0.191 e. The number of rotatable bonds is 7. The third-order valence-electron chi connectivity index (χ3n) is 4.38. The van der Waals surface area contributed by atoms with Crippen LogP contribution in [0.3, 0.4) is 0 Å². The molecule has 0 saturated heterocycles. The van der Waals surface area contributed by atoms with Crippen molar-refractivity contribution in [3.05, 3.63) is 58.9 Å². The number of ether oxygens (including phenoxy) is 3. The molecule has 0 bridgehead atoms. The fraction of sp³-hybridized carbons (Fsp3) is 0.381. The van der Waals surface area contributed by atoms with Crippen molar-refractivity contribution < 1.29 is 18.6 Å². The van der Waals surface area contributed by atoms with Gasteiger partial charge in [-0.05, 0) is 37.1 Å². The number of benzene rings is 2. The maximum absolute atomic E-state index is 13.8. The predicted molar refractivity (Wildman–Crippen MR) is 122 cm³/mol. The minimum Gasteiger partial charge on any atom is -0.494 e. The maximum Gasteiger partial charge on any atom is 0.191 e. The Morgan fingerprint density at radius 1 is 1.21 bits per heavy atom. The van der Waals surface area contributed by atoms with Gasteiger partial charge in [-0.2, -0.15) is 0 Å². The Morgan fingerprint density at radius 3 is 2.83 bits per heavy atom.